The number of carbonyl (C=O) groups is 1. The van der Waals surface area contributed by atoms with Crippen molar-refractivity contribution in [3.63, 3.8) is 0 Å². The fourth-order valence-corrected chi connectivity index (χ4v) is 2.53. The molecule has 0 bridgehead atoms. The highest BCUT2D eigenvalue weighted by molar-refractivity contribution is 9.10. The van der Waals surface area contributed by atoms with E-state index in [0.29, 0.717) is 15.0 Å². The van der Waals surface area contributed by atoms with Gasteiger partial charge in [0.2, 0.25) is 0 Å². The van der Waals surface area contributed by atoms with Gasteiger partial charge in [-0.15, -0.1) is 0 Å². The monoisotopic (exact) mass is 300 g/mol. The van der Waals surface area contributed by atoms with Crippen molar-refractivity contribution >= 4 is 33.6 Å². The van der Waals surface area contributed by atoms with Crippen molar-refractivity contribution in [2.45, 2.75) is 17.6 Å². The average molecular weight is 301 g/mol. The lowest BCUT2D eigenvalue weighted by Gasteiger charge is -2.12. The van der Waals surface area contributed by atoms with Gasteiger partial charge in [0.1, 0.15) is 10.3 Å². The van der Waals surface area contributed by atoms with Crippen LogP contribution in [0.5, 0.6) is 0 Å². The van der Waals surface area contributed by atoms with Gasteiger partial charge in [0, 0.05) is 11.3 Å². The maximum atomic E-state index is 11.8. The first-order valence-electron chi connectivity index (χ1n) is 5.11. The number of hydrogen-bond donors (Lipinski definition) is 1. The Hall–Kier alpha value is -0.550. The van der Waals surface area contributed by atoms with Gasteiger partial charge in [0.05, 0.1) is 0 Å². The zero-order valence-electron chi connectivity index (χ0n) is 9.00. The summed E-state index contributed by atoms with van der Waals surface area (Å²) in [4.78, 5) is 15.9. The summed E-state index contributed by atoms with van der Waals surface area (Å²) < 4.78 is 0.980. The Balaban J connectivity index is 1.93. The molecule has 1 aliphatic carbocycles. The summed E-state index contributed by atoms with van der Waals surface area (Å²) in [6.07, 6.45) is 4.48. The molecule has 1 amide bonds. The van der Waals surface area contributed by atoms with Crippen LogP contribution in [0, 0.1) is 0 Å². The lowest BCUT2D eigenvalue weighted by Crippen LogP contribution is -2.32. The van der Waals surface area contributed by atoms with Gasteiger partial charge in [-0.2, -0.15) is 11.8 Å². The molecule has 1 fully saturated rings. The standard InChI is InChI=1S/C11H13BrN2OS/c1-16-11(5-6-11)7-13-10(15)8-3-2-4-9(12)14-8/h2-4H,5-7H2,1H3,(H,13,15). The molecule has 0 radical (unpaired) electrons. The molecule has 16 heavy (non-hydrogen) atoms. The average Bonchev–Trinajstić information content (AvgIpc) is 3.07. The van der Waals surface area contributed by atoms with E-state index < -0.39 is 0 Å². The van der Waals surface area contributed by atoms with E-state index in [9.17, 15) is 4.79 Å². The van der Waals surface area contributed by atoms with E-state index in [1.54, 1.807) is 12.1 Å². The highest BCUT2D eigenvalue weighted by Gasteiger charge is 2.41. The van der Waals surface area contributed by atoms with Crippen LogP contribution in [-0.2, 0) is 0 Å². The molecule has 0 atom stereocenters. The van der Waals surface area contributed by atoms with Crippen LogP contribution in [0.25, 0.3) is 0 Å². The third kappa shape index (κ3) is 2.77. The van der Waals surface area contributed by atoms with Crippen LogP contribution in [0.4, 0.5) is 0 Å². The quantitative estimate of drug-likeness (QED) is 0.869. The Morgan fingerprint density at radius 3 is 2.94 bits per heavy atom. The second-order valence-electron chi connectivity index (χ2n) is 3.92. The van der Waals surface area contributed by atoms with E-state index >= 15 is 0 Å². The Bertz CT molecular complexity index is 407. The number of halogens is 1. The lowest BCUT2D eigenvalue weighted by molar-refractivity contribution is 0.0948. The summed E-state index contributed by atoms with van der Waals surface area (Å²) in [5, 5.41) is 2.94. The minimum absolute atomic E-state index is 0.0957. The predicted molar refractivity (Wildman–Crippen MR) is 69.8 cm³/mol. The molecule has 1 N–H and O–H groups in total. The van der Waals surface area contributed by atoms with E-state index in [4.69, 9.17) is 0 Å². The molecule has 0 saturated heterocycles. The number of amides is 1. The third-order valence-corrected chi connectivity index (χ3v) is 4.62. The smallest absolute Gasteiger partial charge is 0.269 e. The van der Waals surface area contributed by atoms with Crippen LogP contribution < -0.4 is 5.32 Å². The first-order chi connectivity index (χ1) is 7.65. The van der Waals surface area contributed by atoms with Crippen molar-refractivity contribution in [3.8, 4) is 0 Å². The Morgan fingerprint density at radius 1 is 1.62 bits per heavy atom. The molecular formula is C11H13BrN2OS. The summed E-state index contributed by atoms with van der Waals surface area (Å²) in [6, 6.07) is 5.34. The van der Waals surface area contributed by atoms with Gasteiger partial charge < -0.3 is 5.32 Å². The van der Waals surface area contributed by atoms with Gasteiger partial charge in [0.25, 0.3) is 5.91 Å². The molecule has 0 spiro atoms. The second kappa shape index (κ2) is 4.75. The van der Waals surface area contributed by atoms with Crippen LogP contribution in [-0.4, -0.2) is 28.4 Å². The van der Waals surface area contributed by atoms with Crippen LogP contribution >= 0.6 is 27.7 Å². The van der Waals surface area contributed by atoms with Crippen molar-refractivity contribution in [1.82, 2.24) is 10.3 Å². The van der Waals surface area contributed by atoms with E-state index in [2.05, 4.69) is 32.5 Å². The van der Waals surface area contributed by atoms with E-state index in [1.807, 2.05) is 17.8 Å². The van der Waals surface area contributed by atoms with Gasteiger partial charge in [-0.05, 0) is 47.2 Å². The van der Waals surface area contributed by atoms with Crippen molar-refractivity contribution in [2.24, 2.45) is 0 Å². The number of rotatable bonds is 4. The summed E-state index contributed by atoms with van der Waals surface area (Å²) in [5.74, 6) is -0.0957. The number of nitrogens with zero attached hydrogens (tertiary/aromatic N) is 1. The number of carbonyl (C=O) groups excluding carboxylic acids is 1. The van der Waals surface area contributed by atoms with Crippen molar-refractivity contribution < 1.29 is 4.79 Å². The molecule has 1 aromatic heterocycles. The number of aromatic nitrogens is 1. The SMILES string of the molecule is CSC1(CNC(=O)c2cccc(Br)n2)CC1. The zero-order valence-corrected chi connectivity index (χ0v) is 11.4. The van der Waals surface area contributed by atoms with Crippen molar-refractivity contribution in [2.75, 3.05) is 12.8 Å². The molecule has 1 heterocycles. The van der Waals surface area contributed by atoms with E-state index in [1.165, 1.54) is 12.8 Å². The molecule has 0 unspecified atom stereocenters. The van der Waals surface area contributed by atoms with Crippen LogP contribution in [0.3, 0.4) is 0 Å². The van der Waals surface area contributed by atoms with Crippen LogP contribution in [0.2, 0.25) is 0 Å². The molecule has 5 heteroatoms. The highest BCUT2D eigenvalue weighted by atomic mass is 79.9. The topological polar surface area (TPSA) is 42.0 Å². The Labute approximate surface area is 108 Å². The number of thioether (sulfide) groups is 1. The minimum Gasteiger partial charge on any atom is -0.349 e. The normalized spacial score (nSPS) is 16.9. The number of nitrogens with one attached hydrogen (secondary N) is 1. The maximum Gasteiger partial charge on any atom is 0.269 e. The van der Waals surface area contributed by atoms with Gasteiger partial charge in [-0.1, -0.05) is 6.07 Å². The summed E-state index contributed by atoms with van der Waals surface area (Å²) in [7, 11) is 0. The third-order valence-electron chi connectivity index (χ3n) is 2.76. The predicted octanol–water partition coefficient (Wildman–Crippen LogP) is 2.47. The minimum atomic E-state index is -0.0957. The molecule has 1 aromatic rings. The molecule has 0 aliphatic heterocycles. The largest absolute Gasteiger partial charge is 0.349 e. The molecular weight excluding hydrogens is 288 g/mol. The molecule has 1 saturated carbocycles. The Kier molecular flexibility index (Phi) is 3.54. The van der Waals surface area contributed by atoms with E-state index in [0.717, 1.165) is 6.54 Å². The van der Waals surface area contributed by atoms with Crippen molar-refractivity contribution in [1.29, 1.82) is 0 Å². The molecule has 86 valence electrons. The molecule has 0 aromatic carbocycles. The second-order valence-corrected chi connectivity index (χ2v) is 6.00. The van der Waals surface area contributed by atoms with Gasteiger partial charge >= 0.3 is 0 Å². The zero-order chi connectivity index (χ0) is 11.6. The molecule has 3 nitrogen and oxygen atoms in total. The summed E-state index contributed by atoms with van der Waals surface area (Å²) in [5.41, 5.74) is 0.464. The van der Waals surface area contributed by atoms with Crippen LogP contribution in [0.1, 0.15) is 23.3 Å². The van der Waals surface area contributed by atoms with Gasteiger partial charge in [0.15, 0.2) is 0 Å². The summed E-state index contributed by atoms with van der Waals surface area (Å²) in [6.45, 7) is 0.737. The fourth-order valence-electron chi connectivity index (χ4n) is 1.46. The lowest BCUT2D eigenvalue weighted by atomic mass is 10.3. The first-order valence-corrected chi connectivity index (χ1v) is 7.13. The van der Waals surface area contributed by atoms with E-state index in [-0.39, 0.29) is 5.91 Å². The van der Waals surface area contributed by atoms with Gasteiger partial charge in [-0.25, -0.2) is 4.98 Å². The fraction of sp³-hybridized carbons (Fsp3) is 0.455. The highest BCUT2D eigenvalue weighted by Crippen LogP contribution is 2.46. The van der Waals surface area contributed by atoms with Crippen LogP contribution in [0.15, 0.2) is 22.8 Å². The maximum absolute atomic E-state index is 11.8. The van der Waals surface area contributed by atoms with Crippen molar-refractivity contribution in [3.05, 3.63) is 28.5 Å². The first kappa shape index (κ1) is 11.9. The van der Waals surface area contributed by atoms with Gasteiger partial charge in [-0.3, -0.25) is 4.79 Å². The summed E-state index contributed by atoms with van der Waals surface area (Å²) >= 11 is 5.09. The molecule has 2 rings (SSSR count). The Morgan fingerprint density at radius 2 is 2.38 bits per heavy atom. The molecule has 1 aliphatic rings. The number of hydrogen-bond acceptors (Lipinski definition) is 3. The number of pyridine rings is 1.